The van der Waals surface area contributed by atoms with Crippen LogP contribution in [0.1, 0.15) is 24.2 Å². The van der Waals surface area contributed by atoms with Crippen molar-refractivity contribution in [2.24, 2.45) is 0 Å². The van der Waals surface area contributed by atoms with Crippen molar-refractivity contribution in [1.82, 2.24) is 9.21 Å². The third-order valence-corrected chi connectivity index (χ3v) is 7.72. The molecule has 1 aliphatic rings. The third-order valence-electron chi connectivity index (χ3n) is 5.68. The number of morpholine rings is 1. The molecule has 1 saturated heterocycles. The minimum absolute atomic E-state index is 0.0558. The van der Waals surface area contributed by atoms with E-state index in [1.165, 1.54) is 34.5 Å². The van der Waals surface area contributed by atoms with Gasteiger partial charge in [-0.3, -0.25) is 9.59 Å². The molecule has 2 aromatic rings. The Morgan fingerprint density at radius 3 is 2.29 bits per heavy atom. The number of nitrogens with one attached hydrogen (secondary N) is 1. The zero-order chi connectivity index (χ0) is 24.7. The Balaban J connectivity index is 1.61. The summed E-state index contributed by atoms with van der Waals surface area (Å²) in [4.78, 5) is 28.9. The summed E-state index contributed by atoms with van der Waals surface area (Å²) in [6.45, 7) is 7.09. The first-order valence-electron chi connectivity index (χ1n) is 11.3. The number of hydrogen-bond donors (Lipinski definition) is 1. The largest absolute Gasteiger partial charge is 0.378 e. The highest BCUT2D eigenvalue weighted by Crippen LogP contribution is 2.20. The molecule has 34 heavy (non-hydrogen) atoms. The summed E-state index contributed by atoms with van der Waals surface area (Å²) in [5.41, 5.74) is 1.90. The maximum atomic E-state index is 12.9. The van der Waals surface area contributed by atoms with Gasteiger partial charge >= 0.3 is 0 Å². The SMILES string of the molecule is CCN(CC)S(=O)(=O)c1cccc(C(=O)N(C)CC(=O)Nc2ccc(N3CCOCC3)cc2)c1. The molecule has 184 valence electrons. The van der Waals surface area contributed by atoms with Crippen molar-refractivity contribution in [3.8, 4) is 0 Å². The molecule has 10 heteroatoms. The van der Waals surface area contributed by atoms with Crippen LogP contribution >= 0.6 is 0 Å². The molecule has 0 spiro atoms. The molecule has 0 radical (unpaired) electrons. The molecular weight excluding hydrogens is 456 g/mol. The number of carbonyl (C=O) groups is 2. The first-order valence-corrected chi connectivity index (χ1v) is 12.8. The molecule has 3 rings (SSSR count). The second-order valence-electron chi connectivity index (χ2n) is 7.97. The number of benzene rings is 2. The van der Waals surface area contributed by atoms with Crippen molar-refractivity contribution < 1.29 is 22.7 Å². The van der Waals surface area contributed by atoms with Crippen LogP contribution in [0.2, 0.25) is 0 Å². The number of hydrogen-bond acceptors (Lipinski definition) is 6. The standard InChI is InChI=1S/C24H32N4O5S/c1-4-28(5-2)34(31,32)22-8-6-7-19(17-22)24(30)26(3)18-23(29)25-20-9-11-21(12-10-20)27-13-15-33-16-14-27/h6-12,17H,4-5,13-16,18H2,1-3H3,(H,25,29). The molecule has 9 nitrogen and oxygen atoms in total. The summed E-state index contributed by atoms with van der Waals surface area (Å²) in [6, 6.07) is 13.4. The predicted molar refractivity (Wildman–Crippen MR) is 132 cm³/mol. The van der Waals surface area contributed by atoms with Crippen LogP contribution in [0, 0.1) is 0 Å². The minimum atomic E-state index is -3.69. The molecule has 0 unspecified atom stereocenters. The second kappa shape index (κ2) is 11.5. The number of nitrogens with zero attached hydrogens (tertiary/aromatic N) is 3. The Kier molecular flexibility index (Phi) is 8.65. The first-order chi connectivity index (χ1) is 16.3. The van der Waals surface area contributed by atoms with Crippen molar-refractivity contribution >= 4 is 33.2 Å². The van der Waals surface area contributed by atoms with Gasteiger partial charge in [-0.05, 0) is 42.5 Å². The van der Waals surface area contributed by atoms with Crippen LogP contribution in [-0.4, -0.2) is 82.4 Å². The van der Waals surface area contributed by atoms with E-state index < -0.39 is 15.9 Å². The van der Waals surface area contributed by atoms with Crippen LogP contribution in [-0.2, 0) is 19.6 Å². The molecule has 1 fully saturated rings. The highest BCUT2D eigenvalue weighted by molar-refractivity contribution is 7.89. The number of carbonyl (C=O) groups excluding carboxylic acids is 2. The average Bonchev–Trinajstić information content (AvgIpc) is 2.85. The van der Waals surface area contributed by atoms with E-state index in [2.05, 4.69) is 10.2 Å². The van der Waals surface area contributed by atoms with Gasteiger partial charge < -0.3 is 19.9 Å². The lowest BCUT2D eigenvalue weighted by Crippen LogP contribution is -2.36. The zero-order valence-electron chi connectivity index (χ0n) is 19.9. The molecule has 1 heterocycles. The average molecular weight is 489 g/mol. The monoisotopic (exact) mass is 488 g/mol. The summed E-state index contributed by atoms with van der Waals surface area (Å²) < 4.78 is 32.2. The van der Waals surface area contributed by atoms with Crippen molar-refractivity contribution in [1.29, 1.82) is 0 Å². The number of likely N-dealkylation sites (N-methyl/N-ethyl adjacent to an activating group) is 1. The van der Waals surface area contributed by atoms with Gasteiger partial charge in [0, 0.05) is 50.2 Å². The molecule has 2 amide bonds. The summed E-state index contributed by atoms with van der Waals surface area (Å²) in [5.74, 6) is -0.781. The van der Waals surface area contributed by atoms with E-state index in [0.717, 1.165) is 18.8 Å². The molecule has 0 atom stereocenters. The summed E-state index contributed by atoms with van der Waals surface area (Å²) in [7, 11) is -2.18. The van der Waals surface area contributed by atoms with Crippen LogP contribution in [0.5, 0.6) is 0 Å². The highest BCUT2D eigenvalue weighted by atomic mass is 32.2. The number of anilines is 2. The number of amides is 2. The van der Waals surface area contributed by atoms with Gasteiger partial charge in [-0.25, -0.2) is 8.42 Å². The fourth-order valence-electron chi connectivity index (χ4n) is 3.79. The topological polar surface area (TPSA) is 99.3 Å². The maximum absolute atomic E-state index is 12.9. The van der Waals surface area contributed by atoms with Gasteiger partial charge in [0.2, 0.25) is 15.9 Å². The third kappa shape index (κ3) is 6.13. The predicted octanol–water partition coefficient (Wildman–Crippen LogP) is 2.26. The fourth-order valence-corrected chi connectivity index (χ4v) is 5.29. The van der Waals surface area contributed by atoms with E-state index in [1.807, 2.05) is 24.3 Å². The maximum Gasteiger partial charge on any atom is 0.254 e. The van der Waals surface area contributed by atoms with Crippen LogP contribution in [0.3, 0.4) is 0 Å². The molecule has 0 aromatic heterocycles. The van der Waals surface area contributed by atoms with Gasteiger partial charge in [0.1, 0.15) is 0 Å². The zero-order valence-corrected chi connectivity index (χ0v) is 20.7. The van der Waals surface area contributed by atoms with Gasteiger partial charge in [-0.2, -0.15) is 4.31 Å². The Bertz CT molecular complexity index is 1090. The molecule has 1 N–H and O–H groups in total. The smallest absolute Gasteiger partial charge is 0.254 e. The Morgan fingerprint density at radius 2 is 1.68 bits per heavy atom. The molecule has 0 aliphatic carbocycles. The molecular formula is C24H32N4O5S. The van der Waals surface area contributed by atoms with Gasteiger partial charge in [0.25, 0.3) is 5.91 Å². The van der Waals surface area contributed by atoms with Crippen molar-refractivity contribution in [2.45, 2.75) is 18.7 Å². The molecule has 1 aliphatic heterocycles. The van der Waals surface area contributed by atoms with E-state index in [9.17, 15) is 18.0 Å². The van der Waals surface area contributed by atoms with E-state index in [4.69, 9.17) is 4.74 Å². The Labute approximate surface area is 201 Å². The second-order valence-corrected chi connectivity index (χ2v) is 9.91. The lowest BCUT2D eigenvalue weighted by Gasteiger charge is -2.28. The summed E-state index contributed by atoms with van der Waals surface area (Å²) in [5, 5.41) is 2.80. The quantitative estimate of drug-likeness (QED) is 0.581. The minimum Gasteiger partial charge on any atom is -0.378 e. The van der Waals surface area contributed by atoms with Crippen molar-refractivity contribution in [3.05, 3.63) is 54.1 Å². The number of ether oxygens (including phenoxy) is 1. The van der Waals surface area contributed by atoms with Crippen LogP contribution in [0.4, 0.5) is 11.4 Å². The number of sulfonamides is 1. The van der Waals surface area contributed by atoms with Crippen LogP contribution < -0.4 is 10.2 Å². The number of rotatable bonds is 9. The Morgan fingerprint density at radius 1 is 1.03 bits per heavy atom. The lowest BCUT2D eigenvalue weighted by atomic mass is 10.2. The fraction of sp³-hybridized carbons (Fsp3) is 0.417. The Hall–Kier alpha value is -2.95. The summed E-state index contributed by atoms with van der Waals surface area (Å²) in [6.07, 6.45) is 0. The van der Waals surface area contributed by atoms with Crippen LogP contribution in [0.15, 0.2) is 53.4 Å². The van der Waals surface area contributed by atoms with E-state index in [1.54, 1.807) is 19.9 Å². The highest BCUT2D eigenvalue weighted by Gasteiger charge is 2.23. The van der Waals surface area contributed by atoms with E-state index >= 15 is 0 Å². The molecule has 0 saturated carbocycles. The first kappa shape index (κ1) is 25.7. The molecule has 2 aromatic carbocycles. The van der Waals surface area contributed by atoms with Crippen LogP contribution in [0.25, 0.3) is 0 Å². The van der Waals surface area contributed by atoms with Gasteiger partial charge in [-0.15, -0.1) is 0 Å². The van der Waals surface area contributed by atoms with Gasteiger partial charge in [-0.1, -0.05) is 19.9 Å². The van der Waals surface area contributed by atoms with Crippen molar-refractivity contribution in [3.63, 3.8) is 0 Å². The van der Waals surface area contributed by atoms with E-state index in [-0.39, 0.29) is 22.9 Å². The van der Waals surface area contributed by atoms with Gasteiger partial charge in [0.05, 0.1) is 24.7 Å². The van der Waals surface area contributed by atoms with Crippen molar-refractivity contribution in [2.75, 3.05) is 63.2 Å². The van der Waals surface area contributed by atoms with Gasteiger partial charge in [0.15, 0.2) is 0 Å². The molecule has 0 bridgehead atoms. The van der Waals surface area contributed by atoms with E-state index in [0.29, 0.717) is 32.0 Å². The normalized spacial score (nSPS) is 14.2. The lowest BCUT2D eigenvalue weighted by molar-refractivity contribution is -0.116. The summed E-state index contributed by atoms with van der Waals surface area (Å²) >= 11 is 0.